The van der Waals surface area contributed by atoms with E-state index in [2.05, 4.69) is 10.6 Å². The summed E-state index contributed by atoms with van der Waals surface area (Å²) < 4.78 is 40.1. The van der Waals surface area contributed by atoms with Gasteiger partial charge in [0.15, 0.2) is 4.84 Å². The number of epoxide rings is 1. The summed E-state index contributed by atoms with van der Waals surface area (Å²) in [6, 6.07) is 2.27. The van der Waals surface area contributed by atoms with Crippen molar-refractivity contribution < 1.29 is 27.8 Å². The Morgan fingerprint density at radius 2 is 2.03 bits per heavy atom. The van der Waals surface area contributed by atoms with Crippen molar-refractivity contribution in [3.05, 3.63) is 29.3 Å². The Kier molecular flexibility index (Phi) is 5.83. The van der Waals surface area contributed by atoms with Gasteiger partial charge in [0, 0.05) is 18.0 Å². The van der Waals surface area contributed by atoms with Crippen LogP contribution in [0.25, 0.3) is 0 Å². The van der Waals surface area contributed by atoms with Gasteiger partial charge in [-0.25, -0.2) is 13.6 Å². The van der Waals surface area contributed by atoms with Gasteiger partial charge in [0.1, 0.15) is 24.0 Å². The molecule has 3 aliphatic rings. The molecule has 11 heteroatoms. The zero-order valence-corrected chi connectivity index (χ0v) is 16.7. The Hall–Kier alpha value is -1.68. The molecular weight excluding hydrogens is 431 g/mol. The molecule has 4 rings (SSSR count). The molecule has 0 aromatic heterocycles. The van der Waals surface area contributed by atoms with Crippen LogP contribution in [0.15, 0.2) is 12.1 Å². The molecule has 0 saturated carbocycles. The summed E-state index contributed by atoms with van der Waals surface area (Å²) in [5.41, 5.74) is 0.0668. The summed E-state index contributed by atoms with van der Waals surface area (Å²) in [5.74, 6) is -2.35. The number of anilines is 1. The third kappa shape index (κ3) is 4.42. The fourth-order valence-corrected chi connectivity index (χ4v) is 3.92. The second-order valence-electron chi connectivity index (χ2n) is 7.26. The molecule has 0 radical (unpaired) electrons. The van der Waals surface area contributed by atoms with Gasteiger partial charge in [0.25, 0.3) is 5.91 Å². The van der Waals surface area contributed by atoms with E-state index in [0.717, 1.165) is 23.5 Å². The monoisotopic (exact) mass is 449 g/mol. The number of nitrogens with zero attached hydrogens (tertiary/aromatic N) is 1. The Labute approximate surface area is 175 Å². The first kappa shape index (κ1) is 20.6. The van der Waals surface area contributed by atoms with E-state index in [1.807, 2.05) is 0 Å². The maximum Gasteiger partial charge on any atom is 0.414 e. The van der Waals surface area contributed by atoms with Crippen LogP contribution >= 0.6 is 23.2 Å². The molecule has 4 atom stereocenters. The van der Waals surface area contributed by atoms with E-state index in [-0.39, 0.29) is 42.6 Å². The number of carbonyl (C=O) groups excluding carboxylic acids is 2. The number of hydrogen-bond acceptors (Lipinski definition) is 5. The highest BCUT2D eigenvalue weighted by Gasteiger charge is 2.42. The first-order chi connectivity index (χ1) is 13.8. The Morgan fingerprint density at radius 3 is 2.72 bits per heavy atom. The minimum absolute atomic E-state index is 0.00851. The Bertz CT molecular complexity index is 793. The Balaban J connectivity index is 1.45. The van der Waals surface area contributed by atoms with Gasteiger partial charge in [-0.15, -0.1) is 0 Å². The molecule has 3 unspecified atom stereocenters. The highest BCUT2D eigenvalue weighted by molar-refractivity contribution is 6.53. The average molecular weight is 450 g/mol. The van der Waals surface area contributed by atoms with Gasteiger partial charge < -0.3 is 14.8 Å². The van der Waals surface area contributed by atoms with E-state index in [1.54, 1.807) is 0 Å². The topological polar surface area (TPSA) is 83.2 Å². The summed E-state index contributed by atoms with van der Waals surface area (Å²) in [7, 11) is 0. The zero-order chi connectivity index (χ0) is 20.7. The van der Waals surface area contributed by atoms with Crippen LogP contribution in [0.1, 0.15) is 24.3 Å². The van der Waals surface area contributed by atoms with Crippen LogP contribution in [0.4, 0.5) is 19.3 Å². The van der Waals surface area contributed by atoms with Crippen molar-refractivity contribution in [3.8, 4) is 0 Å². The van der Waals surface area contributed by atoms with Gasteiger partial charge in [0.05, 0.1) is 24.9 Å². The van der Waals surface area contributed by atoms with Gasteiger partial charge in [-0.05, 0) is 25.0 Å². The highest BCUT2D eigenvalue weighted by Crippen LogP contribution is 2.36. The SMILES string of the molecule is O=C(NC[C@H]1CN(c2cc(F)c(C3CCC4OC4NC3)c(F)c2)C(=O)O1)C(Cl)Cl. The molecule has 158 valence electrons. The number of nitrogens with one attached hydrogen (secondary N) is 2. The molecule has 3 saturated heterocycles. The second kappa shape index (κ2) is 8.22. The largest absolute Gasteiger partial charge is 0.442 e. The van der Waals surface area contributed by atoms with Crippen LogP contribution in [-0.4, -0.2) is 54.9 Å². The van der Waals surface area contributed by atoms with Crippen LogP contribution in [0.2, 0.25) is 0 Å². The van der Waals surface area contributed by atoms with E-state index in [9.17, 15) is 18.4 Å². The zero-order valence-electron chi connectivity index (χ0n) is 15.2. The van der Waals surface area contributed by atoms with E-state index in [1.165, 1.54) is 0 Å². The van der Waals surface area contributed by atoms with Gasteiger partial charge in [-0.2, -0.15) is 0 Å². The molecule has 3 aliphatic heterocycles. The third-order valence-corrected chi connectivity index (χ3v) is 5.70. The van der Waals surface area contributed by atoms with Crippen molar-refractivity contribution >= 4 is 40.9 Å². The maximum atomic E-state index is 14.8. The number of amides is 2. The number of cyclic esters (lactones) is 1. The molecule has 29 heavy (non-hydrogen) atoms. The lowest BCUT2D eigenvalue weighted by Crippen LogP contribution is -2.37. The van der Waals surface area contributed by atoms with Crippen LogP contribution in [0, 0.1) is 11.6 Å². The fraction of sp³-hybridized carbons (Fsp3) is 0.556. The molecule has 1 aromatic rings. The van der Waals surface area contributed by atoms with Crippen LogP contribution in [-0.2, 0) is 14.3 Å². The van der Waals surface area contributed by atoms with Gasteiger partial charge in [0.2, 0.25) is 0 Å². The molecule has 3 heterocycles. The number of alkyl halides is 2. The number of fused-ring (bicyclic) bond motifs is 1. The molecule has 0 bridgehead atoms. The molecule has 2 amide bonds. The number of rotatable bonds is 5. The molecule has 0 aliphatic carbocycles. The summed E-state index contributed by atoms with van der Waals surface area (Å²) in [6.45, 7) is 0.431. The van der Waals surface area contributed by atoms with Gasteiger partial charge in [-0.1, -0.05) is 23.2 Å². The van der Waals surface area contributed by atoms with E-state index < -0.39 is 34.6 Å². The quantitative estimate of drug-likeness (QED) is 0.532. The van der Waals surface area contributed by atoms with Gasteiger partial charge >= 0.3 is 6.09 Å². The fourth-order valence-electron chi connectivity index (χ4n) is 3.76. The van der Waals surface area contributed by atoms with Crippen molar-refractivity contribution in [2.24, 2.45) is 0 Å². The second-order valence-corrected chi connectivity index (χ2v) is 8.36. The van der Waals surface area contributed by atoms with Crippen LogP contribution in [0.3, 0.4) is 0 Å². The molecule has 7 nitrogen and oxygen atoms in total. The van der Waals surface area contributed by atoms with Crippen molar-refractivity contribution in [3.63, 3.8) is 0 Å². The average Bonchev–Trinajstić information content (AvgIpc) is 3.35. The maximum absolute atomic E-state index is 14.8. The number of ether oxygens (including phenoxy) is 2. The minimum atomic E-state index is -1.24. The predicted octanol–water partition coefficient (Wildman–Crippen LogP) is 2.40. The molecular formula is C18H19Cl2F2N3O4. The van der Waals surface area contributed by atoms with Crippen molar-refractivity contribution in [1.82, 2.24) is 10.6 Å². The standard InChI is InChI=1S/C18H19Cl2F2N3O4/c19-15(20)16(26)23-6-10-7-25(18(27)28-10)9-3-11(21)14(12(22)4-9)8-1-2-13-17(29-13)24-5-8/h3-4,8,10,13,15,17,24H,1-2,5-7H2,(H,23,26)/t8?,10-,13?,17?/m0/s1. The summed E-state index contributed by atoms with van der Waals surface area (Å²) in [5, 5.41) is 5.57. The van der Waals surface area contributed by atoms with Crippen molar-refractivity contribution in [2.75, 3.05) is 24.5 Å². The van der Waals surface area contributed by atoms with Crippen LogP contribution in [0.5, 0.6) is 0 Å². The first-order valence-electron chi connectivity index (χ1n) is 9.25. The summed E-state index contributed by atoms with van der Waals surface area (Å²) >= 11 is 10.9. The number of halogens is 4. The summed E-state index contributed by atoms with van der Waals surface area (Å²) in [4.78, 5) is 23.4. The van der Waals surface area contributed by atoms with E-state index in [4.69, 9.17) is 32.7 Å². The smallest absolute Gasteiger partial charge is 0.414 e. The number of carbonyl (C=O) groups is 2. The number of benzene rings is 1. The van der Waals surface area contributed by atoms with Crippen molar-refractivity contribution in [2.45, 2.75) is 42.0 Å². The lowest BCUT2D eigenvalue weighted by atomic mass is 9.93. The highest BCUT2D eigenvalue weighted by atomic mass is 35.5. The van der Waals surface area contributed by atoms with Crippen LogP contribution < -0.4 is 15.5 Å². The lowest BCUT2D eigenvalue weighted by Gasteiger charge is -2.20. The van der Waals surface area contributed by atoms with E-state index >= 15 is 0 Å². The normalized spacial score (nSPS) is 28.7. The molecule has 2 N–H and O–H groups in total. The predicted molar refractivity (Wildman–Crippen MR) is 101 cm³/mol. The van der Waals surface area contributed by atoms with E-state index in [0.29, 0.717) is 13.0 Å². The summed E-state index contributed by atoms with van der Waals surface area (Å²) in [6.07, 6.45) is 0.00169. The minimum Gasteiger partial charge on any atom is -0.442 e. The van der Waals surface area contributed by atoms with Gasteiger partial charge in [-0.3, -0.25) is 15.0 Å². The Morgan fingerprint density at radius 1 is 1.31 bits per heavy atom. The van der Waals surface area contributed by atoms with Crippen molar-refractivity contribution in [1.29, 1.82) is 0 Å². The third-order valence-electron chi connectivity index (χ3n) is 5.31. The molecule has 0 spiro atoms. The number of hydrogen-bond donors (Lipinski definition) is 2. The lowest BCUT2D eigenvalue weighted by molar-refractivity contribution is -0.119. The molecule has 1 aromatic carbocycles. The molecule has 3 fully saturated rings. The first-order valence-corrected chi connectivity index (χ1v) is 10.1.